The third-order valence-corrected chi connectivity index (χ3v) is 5.15. The highest BCUT2D eigenvalue weighted by atomic mass is 35.5. The van der Waals surface area contributed by atoms with Crippen molar-refractivity contribution in [3.05, 3.63) is 56.7 Å². The second-order valence-corrected chi connectivity index (χ2v) is 7.36. The van der Waals surface area contributed by atoms with Crippen LogP contribution in [0.15, 0.2) is 36.4 Å². The van der Waals surface area contributed by atoms with Crippen molar-refractivity contribution in [3.63, 3.8) is 0 Å². The van der Waals surface area contributed by atoms with E-state index in [2.05, 4.69) is 24.4 Å². The average molecular weight is 335 g/mol. The lowest BCUT2D eigenvalue weighted by atomic mass is 10.0. The highest BCUT2D eigenvalue weighted by Crippen LogP contribution is 2.26. The molecule has 1 aliphatic heterocycles. The highest BCUT2D eigenvalue weighted by molar-refractivity contribution is 7.12. The fourth-order valence-electron chi connectivity index (χ4n) is 2.85. The van der Waals surface area contributed by atoms with Gasteiger partial charge in [0.25, 0.3) is 0 Å². The van der Waals surface area contributed by atoms with E-state index in [0.717, 1.165) is 30.1 Å². The predicted octanol–water partition coefficient (Wildman–Crippen LogP) is 3.43. The lowest BCUT2D eigenvalue weighted by molar-refractivity contribution is -0.133. The second-order valence-electron chi connectivity index (χ2n) is 5.55. The minimum atomic E-state index is 0.0565. The molecule has 0 saturated carbocycles. The smallest absolute Gasteiger partial charge is 0.228 e. The molecule has 1 unspecified atom stereocenters. The molecule has 0 aliphatic carbocycles. The number of hydrogen-bond donors (Lipinski definition) is 1. The van der Waals surface area contributed by atoms with Crippen LogP contribution in [0.5, 0.6) is 0 Å². The Morgan fingerprint density at radius 1 is 1.41 bits per heavy atom. The Kier molecular flexibility index (Phi) is 4.81. The van der Waals surface area contributed by atoms with Crippen molar-refractivity contribution in [2.75, 3.05) is 19.6 Å². The summed E-state index contributed by atoms with van der Waals surface area (Å²) in [7, 11) is 0. The molecule has 1 fully saturated rings. The van der Waals surface area contributed by atoms with Gasteiger partial charge in [0.1, 0.15) is 0 Å². The average Bonchev–Trinajstić information content (AvgIpc) is 2.92. The van der Waals surface area contributed by atoms with Gasteiger partial charge in [0.2, 0.25) is 5.91 Å². The van der Waals surface area contributed by atoms with Gasteiger partial charge in [-0.05, 0) is 36.8 Å². The largest absolute Gasteiger partial charge is 0.333 e. The number of piperazine rings is 1. The molecule has 0 radical (unpaired) electrons. The van der Waals surface area contributed by atoms with Gasteiger partial charge in [0, 0.05) is 34.4 Å². The summed E-state index contributed by atoms with van der Waals surface area (Å²) in [4.78, 5) is 17.1. The van der Waals surface area contributed by atoms with E-state index in [0.29, 0.717) is 11.4 Å². The molecule has 1 aliphatic rings. The number of aryl methyl sites for hydroxylation is 1. The zero-order valence-electron chi connectivity index (χ0n) is 12.5. The van der Waals surface area contributed by atoms with Crippen molar-refractivity contribution < 1.29 is 4.79 Å². The van der Waals surface area contributed by atoms with Crippen LogP contribution >= 0.6 is 22.9 Å². The SMILES string of the molecule is Cc1ccc(CC(=O)N2CCNCC2c2cccc(Cl)c2)s1. The van der Waals surface area contributed by atoms with E-state index in [1.54, 1.807) is 11.3 Å². The summed E-state index contributed by atoms with van der Waals surface area (Å²) < 4.78 is 0. The quantitative estimate of drug-likeness (QED) is 0.932. The van der Waals surface area contributed by atoms with Gasteiger partial charge < -0.3 is 10.2 Å². The number of carbonyl (C=O) groups is 1. The van der Waals surface area contributed by atoms with Crippen molar-refractivity contribution in [2.45, 2.75) is 19.4 Å². The lowest BCUT2D eigenvalue weighted by Gasteiger charge is -2.36. The van der Waals surface area contributed by atoms with Crippen LogP contribution in [0, 0.1) is 6.92 Å². The molecule has 3 nitrogen and oxygen atoms in total. The molecule has 22 heavy (non-hydrogen) atoms. The fourth-order valence-corrected chi connectivity index (χ4v) is 3.93. The molecular weight excluding hydrogens is 316 g/mol. The minimum absolute atomic E-state index is 0.0565. The molecule has 2 heterocycles. The molecule has 116 valence electrons. The molecule has 0 bridgehead atoms. The zero-order chi connectivity index (χ0) is 15.5. The number of rotatable bonds is 3. The number of halogens is 1. The number of hydrogen-bond acceptors (Lipinski definition) is 3. The number of nitrogens with one attached hydrogen (secondary N) is 1. The Bertz CT molecular complexity index is 670. The van der Waals surface area contributed by atoms with E-state index in [-0.39, 0.29) is 11.9 Å². The lowest BCUT2D eigenvalue weighted by Crippen LogP contribution is -2.49. The third kappa shape index (κ3) is 3.51. The Labute approximate surface area is 139 Å². The van der Waals surface area contributed by atoms with Gasteiger partial charge in [-0.2, -0.15) is 0 Å². The number of nitrogens with zero attached hydrogens (tertiary/aromatic N) is 1. The van der Waals surface area contributed by atoms with Gasteiger partial charge >= 0.3 is 0 Å². The summed E-state index contributed by atoms with van der Waals surface area (Å²) in [5.74, 6) is 0.188. The van der Waals surface area contributed by atoms with Crippen LogP contribution in [0.2, 0.25) is 5.02 Å². The van der Waals surface area contributed by atoms with Crippen LogP contribution < -0.4 is 5.32 Å². The van der Waals surface area contributed by atoms with Crippen LogP contribution in [0.4, 0.5) is 0 Å². The van der Waals surface area contributed by atoms with E-state index in [1.807, 2.05) is 29.2 Å². The van der Waals surface area contributed by atoms with Crippen molar-refractivity contribution in [3.8, 4) is 0 Å². The number of carbonyl (C=O) groups excluding carboxylic acids is 1. The first-order chi connectivity index (χ1) is 10.6. The molecule has 2 aromatic rings. The molecule has 0 spiro atoms. The number of benzene rings is 1. The summed E-state index contributed by atoms with van der Waals surface area (Å²) in [5, 5.41) is 4.08. The summed E-state index contributed by atoms with van der Waals surface area (Å²) in [6.07, 6.45) is 0.482. The maximum absolute atomic E-state index is 12.7. The Hall–Kier alpha value is -1.36. The maximum Gasteiger partial charge on any atom is 0.228 e. The zero-order valence-corrected chi connectivity index (χ0v) is 14.1. The van der Waals surface area contributed by atoms with Crippen LogP contribution in [-0.4, -0.2) is 30.4 Å². The summed E-state index contributed by atoms with van der Waals surface area (Å²) in [6, 6.07) is 12.0. The Morgan fingerprint density at radius 2 is 2.27 bits per heavy atom. The Balaban J connectivity index is 1.78. The summed E-state index contributed by atoms with van der Waals surface area (Å²) >= 11 is 7.80. The highest BCUT2D eigenvalue weighted by Gasteiger charge is 2.28. The fraction of sp³-hybridized carbons (Fsp3) is 0.353. The van der Waals surface area contributed by atoms with Crippen molar-refractivity contribution >= 4 is 28.8 Å². The minimum Gasteiger partial charge on any atom is -0.333 e. The van der Waals surface area contributed by atoms with Gasteiger partial charge in [-0.15, -0.1) is 11.3 Å². The standard InChI is InChI=1S/C17H19ClN2OS/c1-12-5-6-15(22-12)10-17(21)20-8-7-19-11-16(20)13-3-2-4-14(18)9-13/h2-6,9,16,19H,7-8,10-11H2,1H3. The first-order valence-corrected chi connectivity index (χ1v) is 8.64. The second kappa shape index (κ2) is 6.82. The Morgan fingerprint density at radius 3 is 3.00 bits per heavy atom. The van der Waals surface area contributed by atoms with Gasteiger partial charge in [-0.25, -0.2) is 0 Å². The molecule has 1 saturated heterocycles. The number of amides is 1. The van der Waals surface area contributed by atoms with E-state index in [9.17, 15) is 4.79 Å². The molecular formula is C17H19ClN2OS. The van der Waals surface area contributed by atoms with Crippen LogP contribution in [0.3, 0.4) is 0 Å². The van der Waals surface area contributed by atoms with Crippen LogP contribution in [0.1, 0.15) is 21.4 Å². The molecule has 1 atom stereocenters. The topological polar surface area (TPSA) is 32.3 Å². The van der Waals surface area contributed by atoms with Gasteiger partial charge in [-0.3, -0.25) is 4.79 Å². The van der Waals surface area contributed by atoms with Gasteiger partial charge in [-0.1, -0.05) is 23.7 Å². The first-order valence-electron chi connectivity index (χ1n) is 7.44. The monoisotopic (exact) mass is 334 g/mol. The van der Waals surface area contributed by atoms with Crippen LogP contribution in [-0.2, 0) is 11.2 Å². The summed E-state index contributed by atoms with van der Waals surface area (Å²) in [5.41, 5.74) is 1.09. The van der Waals surface area contributed by atoms with Gasteiger partial charge in [0.05, 0.1) is 12.5 Å². The first kappa shape index (κ1) is 15.5. The third-order valence-electron chi connectivity index (χ3n) is 3.92. The van der Waals surface area contributed by atoms with Crippen LogP contribution in [0.25, 0.3) is 0 Å². The van der Waals surface area contributed by atoms with E-state index in [4.69, 9.17) is 11.6 Å². The van der Waals surface area contributed by atoms with E-state index in [1.165, 1.54) is 4.88 Å². The molecule has 1 amide bonds. The molecule has 1 N–H and O–H groups in total. The predicted molar refractivity (Wildman–Crippen MR) is 91.5 cm³/mol. The van der Waals surface area contributed by atoms with Crippen molar-refractivity contribution in [1.82, 2.24) is 10.2 Å². The molecule has 5 heteroatoms. The number of thiophene rings is 1. The van der Waals surface area contributed by atoms with E-state index < -0.39 is 0 Å². The van der Waals surface area contributed by atoms with E-state index >= 15 is 0 Å². The molecule has 1 aromatic heterocycles. The normalized spacial score (nSPS) is 18.5. The molecule has 3 rings (SSSR count). The van der Waals surface area contributed by atoms with Gasteiger partial charge in [0.15, 0.2) is 0 Å². The maximum atomic E-state index is 12.7. The van der Waals surface area contributed by atoms with Crippen molar-refractivity contribution in [2.24, 2.45) is 0 Å². The molecule has 1 aromatic carbocycles. The summed E-state index contributed by atoms with van der Waals surface area (Å²) in [6.45, 7) is 4.42. The van der Waals surface area contributed by atoms with Crippen molar-refractivity contribution in [1.29, 1.82) is 0 Å².